The van der Waals surface area contributed by atoms with Gasteiger partial charge in [0.05, 0.1) is 11.0 Å². The smallest absolute Gasteiger partial charge is 0.325 e. The number of hydrogen-bond acceptors (Lipinski definition) is 4. The van der Waals surface area contributed by atoms with E-state index in [0.717, 1.165) is 29.9 Å². The lowest BCUT2D eigenvalue weighted by molar-refractivity contribution is -0.138. The minimum Gasteiger partial charge on any atom is -0.480 e. The van der Waals surface area contributed by atoms with E-state index in [2.05, 4.69) is 14.9 Å². The molecule has 29 heavy (non-hydrogen) atoms. The van der Waals surface area contributed by atoms with Gasteiger partial charge in [-0.1, -0.05) is 25.3 Å². The quantitative estimate of drug-likeness (QED) is 0.688. The zero-order valence-corrected chi connectivity index (χ0v) is 16.3. The van der Waals surface area contributed by atoms with Gasteiger partial charge in [0.1, 0.15) is 11.7 Å². The highest BCUT2D eigenvalue weighted by atomic mass is 16.4. The van der Waals surface area contributed by atoms with E-state index in [-0.39, 0.29) is 0 Å². The summed E-state index contributed by atoms with van der Waals surface area (Å²) in [6.07, 6.45) is 7.60. The van der Waals surface area contributed by atoms with Crippen LogP contribution >= 0.6 is 0 Å². The molecule has 0 bridgehead atoms. The third kappa shape index (κ3) is 3.85. The molecule has 1 saturated carbocycles. The number of aromatic nitrogens is 3. The van der Waals surface area contributed by atoms with E-state index in [9.17, 15) is 9.59 Å². The Morgan fingerprint density at radius 2 is 1.97 bits per heavy atom. The van der Waals surface area contributed by atoms with Gasteiger partial charge >= 0.3 is 5.97 Å². The Morgan fingerprint density at radius 1 is 1.17 bits per heavy atom. The first kappa shape index (κ1) is 19.1. The molecular formula is C22H24N4O3. The summed E-state index contributed by atoms with van der Waals surface area (Å²) in [5, 5.41) is 11.5. The minimum atomic E-state index is -1.07. The standard InChI is InChI=1S/C22H24N4O3/c1-14(22(28)29)24-21(27)15-10-11-19-18(13-15)25-20(17-9-5-6-12-23-17)26(19)16-7-3-2-4-8-16/h5-6,9-14,16H,2-4,7-8H2,1H3,(H,24,27)(H,28,29)/t14-/m0/s1. The van der Waals surface area contributed by atoms with Crippen molar-refractivity contribution in [3.63, 3.8) is 0 Å². The van der Waals surface area contributed by atoms with Crippen LogP contribution in [-0.4, -0.2) is 37.6 Å². The van der Waals surface area contributed by atoms with Crippen molar-refractivity contribution < 1.29 is 14.7 Å². The molecule has 2 heterocycles. The van der Waals surface area contributed by atoms with Gasteiger partial charge in [-0.25, -0.2) is 4.98 Å². The average molecular weight is 392 g/mol. The molecule has 150 valence electrons. The second-order valence-corrected chi connectivity index (χ2v) is 7.55. The first-order valence-electron chi connectivity index (χ1n) is 10.0. The lowest BCUT2D eigenvalue weighted by Crippen LogP contribution is -2.38. The molecule has 4 rings (SSSR count). The van der Waals surface area contributed by atoms with Crippen molar-refractivity contribution in [2.24, 2.45) is 0 Å². The number of carboxylic acid groups (broad SMARTS) is 1. The molecule has 0 aliphatic heterocycles. The first-order chi connectivity index (χ1) is 14.0. The van der Waals surface area contributed by atoms with Gasteiger partial charge in [0.25, 0.3) is 5.91 Å². The third-order valence-electron chi connectivity index (χ3n) is 5.50. The van der Waals surface area contributed by atoms with Crippen LogP contribution in [0.1, 0.15) is 55.4 Å². The number of fused-ring (bicyclic) bond motifs is 1. The van der Waals surface area contributed by atoms with Crippen LogP contribution < -0.4 is 5.32 Å². The molecule has 3 aromatic rings. The average Bonchev–Trinajstić information content (AvgIpc) is 3.13. The van der Waals surface area contributed by atoms with E-state index in [1.54, 1.807) is 18.3 Å². The molecule has 2 aromatic heterocycles. The van der Waals surface area contributed by atoms with E-state index >= 15 is 0 Å². The van der Waals surface area contributed by atoms with E-state index in [4.69, 9.17) is 10.1 Å². The van der Waals surface area contributed by atoms with Crippen LogP contribution in [-0.2, 0) is 4.79 Å². The summed E-state index contributed by atoms with van der Waals surface area (Å²) < 4.78 is 2.26. The van der Waals surface area contributed by atoms with Gasteiger partial charge < -0.3 is 15.0 Å². The summed E-state index contributed by atoms with van der Waals surface area (Å²) in [6, 6.07) is 10.5. The van der Waals surface area contributed by atoms with Gasteiger partial charge in [-0.3, -0.25) is 14.6 Å². The van der Waals surface area contributed by atoms with Crippen molar-refractivity contribution in [2.45, 2.75) is 51.1 Å². The van der Waals surface area contributed by atoms with E-state index in [1.165, 1.54) is 26.2 Å². The number of nitrogens with zero attached hydrogens (tertiary/aromatic N) is 3. The van der Waals surface area contributed by atoms with Crippen molar-refractivity contribution in [2.75, 3.05) is 0 Å². The Kier molecular flexibility index (Phi) is 5.29. The second-order valence-electron chi connectivity index (χ2n) is 7.55. The summed E-state index contributed by atoms with van der Waals surface area (Å²) in [6.45, 7) is 1.44. The lowest BCUT2D eigenvalue weighted by atomic mass is 9.95. The predicted octanol–water partition coefficient (Wildman–Crippen LogP) is 3.81. The van der Waals surface area contributed by atoms with Crippen molar-refractivity contribution in [3.8, 4) is 11.5 Å². The van der Waals surface area contributed by atoms with Crippen LogP contribution in [0.15, 0.2) is 42.6 Å². The van der Waals surface area contributed by atoms with Gasteiger partial charge in [-0.2, -0.15) is 0 Å². The molecule has 0 unspecified atom stereocenters. The summed E-state index contributed by atoms with van der Waals surface area (Å²) in [4.78, 5) is 32.8. The molecule has 1 aromatic carbocycles. The fourth-order valence-electron chi connectivity index (χ4n) is 3.97. The molecule has 0 spiro atoms. The van der Waals surface area contributed by atoms with Crippen molar-refractivity contribution in [3.05, 3.63) is 48.2 Å². The van der Waals surface area contributed by atoms with Gasteiger partial charge in [-0.15, -0.1) is 0 Å². The number of hydrogen-bond donors (Lipinski definition) is 2. The highest BCUT2D eigenvalue weighted by molar-refractivity contribution is 5.99. The SMILES string of the molecule is C[C@H](NC(=O)c1ccc2c(c1)nc(-c1ccccn1)n2C1CCCCC1)C(=O)O. The highest BCUT2D eigenvalue weighted by Gasteiger charge is 2.24. The molecule has 0 radical (unpaired) electrons. The molecule has 7 heteroatoms. The van der Waals surface area contributed by atoms with E-state index in [1.807, 2.05) is 24.3 Å². The van der Waals surface area contributed by atoms with Gasteiger partial charge in [0, 0.05) is 17.8 Å². The Labute approximate surface area is 168 Å². The van der Waals surface area contributed by atoms with Gasteiger partial charge in [0.15, 0.2) is 5.82 Å². The van der Waals surface area contributed by atoms with Crippen LogP contribution in [0.2, 0.25) is 0 Å². The maximum atomic E-state index is 12.4. The van der Waals surface area contributed by atoms with Crippen LogP contribution in [0.4, 0.5) is 0 Å². The summed E-state index contributed by atoms with van der Waals surface area (Å²) in [7, 11) is 0. The molecule has 1 aliphatic carbocycles. The molecule has 0 saturated heterocycles. The fourth-order valence-corrected chi connectivity index (χ4v) is 3.97. The van der Waals surface area contributed by atoms with Crippen molar-refractivity contribution >= 4 is 22.9 Å². The predicted molar refractivity (Wildman–Crippen MR) is 110 cm³/mol. The van der Waals surface area contributed by atoms with Crippen molar-refractivity contribution in [1.29, 1.82) is 0 Å². The summed E-state index contributed by atoms with van der Waals surface area (Å²) in [5.74, 6) is -0.684. The second kappa shape index (κ2) is 8.03. The number of nitrogens with one attached hydrogen (secondary N) is 1. The van der Waals surface area contributed by atoms with Crippen LogP contribution in [0.25, 0.3) is 22.6 Å². The number of carboxylic acids is 1. The Morgan fingerprint density at radius 3 is 2.66 bits per heavy atom. The first-order valence-corrected chi connectivity index (χ1v) is 10.0. The lowest BCUT2D eigenvalue weighted by Gasteiger charge is -2.25. The largest absolute Gasteiger partial charge is 0.480 e. The van der Waals surface area contributed by atoms with Gasteiger partial charge in [-0.05, 0) is 50.1 Å². The number of imidazole rings is 1. The topological polar surface area (TPSA) is 97.1 Å². The molecule has 7 nitrogen and oxygen atoms in total. The molecule has 1 aliphatic rings. The molecule has 1 amide bonds. The highest BCUT2D eigenvalue weighted by Crippen LogP contribution is 2.35. The summed E-state index contributed by atoms with van der Waals surface area (Å²) in [5.41, 5.74) is 2.89. The fraction of sp³-hybridized carbons (Fsp3) is 0.364. The van der Waals surface area contributed by atoms with E-state index < -0.39 is 17.9 Å². The van der Waals surface area contributed by atoms with Crippen LogP contribution in [0, 0.1) is 0 Å². The molecular weight excluding hydrogens is 368 g/mol. The minimum absolute atomic E-state index is 0.359. The maximum absolute atomic E-state index is 12.4. The Hall–Kier alpha value is -3.22. The third-order valence-corrected chi connectivity index (χ3v) is 5.50. The number of benzene rings is 1. The molecule has 1 atom stereocenters. The normalized spacial score (nSPS) is 15.9. The van der Waals surface area contributed by atoms with E-state index in [0.29, 0.717) is 17.1 Å². The molecule has 1 fully saturated rings. The summed E-state index contributed by atoms with van der Waals surface area (Å²) >= 11 is 0. The van der Waals surface area contributed by atoms with Gasteiger partial charge in [0.2, 0.25) is 0 Å². The number of rotatable bonds is 5. The zero-order chi connectivity index (χ0) is 20.4. The number of carbonyl (C=O) groups excluding carboxylic acids is 1. The van der Waals surface area contributed by atoms with Crippen LogP contribution in [0.5, 0.6) is 0 Å². The monoisotopic (exact) mass is 392 g/mol. The number of aliphatic carboxylic acids is 1. The number of carbonyl (C=O) groups is 2. The number of pyridine rings is 1. The maximum Gasteiger partial charge on any atom is 0.325 e. The Bertz CT molecular complexity index is 1040. The van der Waals surface area contributed by atoms with Crippen LogP contribution in [0.3, 0.4) is 0 Å². The zero-order valence-electron chi connectivity index (χ0n) is 16.3. The Balaban J connectivity index is 1.77. The van der Waals surface area contributed by atoms with Crippen molar-refractivity contribution in [1.82, 2.24) is 19.9 Å². The number of amides is 1. The molecule has 2 N–H and O–H groups in total.